The molecule has 3 nitrogen and oxygen atoms in total. The highest BCUT2D eigenvalue weighted by atomic mass is 16.3. The van der Waals surface area contributed by atoms with Gasteiger partial charge in [0.15, 0.2) is 0 Å². The number of allylic oxidation sites excluding steroid dienone is 1. The van der Waals surface area contributed by atoms with E-state index < -0.39 is 0 Å². The Kier molecular flexibility index (Phi) is 1.75. The van der Waals surface area contributed by atoms with Crippen molar-refractivity contribution in [2.45, 2.75) is 31.6 Å². The van der Waals surface area contributed by atoms with Crippen LogP contribution in [0.15, 0.2) is 11.6 Å². The number of nitrogen functional groups attached to an aromatic ring is 1. The maximum atomic E-state index is 9.80. The first-order valence-corrected chi connectivity index (χ1v) is 5.35. The molecule has 2 saturated carbocycles. The van der Waals surface area contributed by atoms with Gasteiger partial charge in [-0.2, -0.15) is 0 Å². The highest BCUT2D eigenvalue weighted by Crippen LogP contribution is 2.41. The zero-order valence-corrected chi connectivity index (χ0v) is 8.45. The SMILES string of the molecule is Nc1cc(C2CC2)[c-]nc1C(O)=C1CC1. The zero-order valence-electron chi connectivity index (χ0n) is 8.45. The topological polar surface area (TPSA) is 59.1 Å². The molecule has 0 bridgehead atoms. The predicted molar refractivity (Wildman–Crippen MR) is 58.2 cm³/mol. The summed E-state index contributed by atoms with van der Waals surface area (Å²) in [5.74, 6) is 0.871. The Bertz CT molecular complexity index is 441. The molecule has 78 valence electrons. The fourth-order valence-electron chi connectivity index (χ4n) is 1.71. The quantitative estimate of drug-likeness (QED) is 0.570. The molecule has 15 heavy (non-hydrogen) atoms. The van der Waals surface area contributed by atoms with Gasteiger partial charge < -0.3 is 15.8 Å². The van der Waals surface area contributed by atoms with Crippen molar-refractivity contribution in [3.8, 4) is 0 Å². The summed E-state index contributed by atoms with van der Waals surface area (Å²) in [5, 5.41) is 9.80. The second-order valence-corrected chi connectivity index (χ2v) is 4.35. The van der Waals surface area contributed by atoms with Crippen molar-refractivity contribution >= 4 is 11.4 Å². The Balaban J connectivity index is 1.98. The highest BCUT2D eigenvalue weighted by Gasteiger charge is 2.22. The van der Waals surface area contributed by atoms with Crippen LogP contribution in [-0.2, 0) is 0 Å². The van der Waals surface area contributed by atoms with Gasteiger partial charge in [0.2, 0.25) is 0 Å². The van der Waals surface area contributed by atoms with Crippen molar-refractivity contribution < 1.29 is 5.11 Å². The lowest BCUT2D eigenvalue weighted by atomic mass is 10.1. The van der Waals surface area contributed by atoms with E-state index in [0.29, 0.717) is 17.3 Å². The second kappa shape index (κ2) is 2.99. The first-order chi connectivity index (χ1) is 7.25. The monoisotopic (exact) mass is 201 g/mol. The van der Waals surface area contributed by atoms with Crippen LogP contribution in [0.2, 0.25) is 0 Å². The number of pyridine rings is 1. The number of rotatable bonds is 2. The number of aliphatic hydroxyl groups is 1. The standard InChI is InChI=1S/C12H13N2O/c13-10-5-9(7-1-2-7)6-14-11(10)12(15)8-3-4-8/h5,7,15H,1-4,13H2/q-1. The van der Waals surface area contributed by atoms with Gasteiger partial charge in [0, 0.05) is 5.69 Å². The van der Waals surface area contributed by atoms with Gasteiger partial charge >= 0.3 is 0 Å². The Morgan fingerprint density at radius 1 is 1.47 bits per heavy atom. The molecule has 0 amide bonds. The maximum absolute atomic E-state index is 9.80. The Morgan fingerprint density at radius 3 is 2.73 bits per heavy atom. The Labute approximate surface area is 88.6 Å². The van der Waals surface area contributed by atoms with Crippen molar-refractivity contribution in [2.75, 3.05) is 5.73 Å². The number of anilines is 1. The van der Waals surface area contributed by atoms with Crippen LogP contribution >= 0.6 is 0 Å². The van der Waals surface area contributed by atoms with Crippen LogP contribution in [-0.4, -0.2) is 10.1 Å². The number of hydrogen-bond acceptors (Lipinski definition) is 3. The largest absolute Gasteiger partial charge is 0.519 e. The lowest BCUT2D eigenvalue weighted by molar-refractivity contribution is 0.506. The summed E-state index contributed by atoms with van der Waals surface area (Å²) in [5.41, 5.74) is 9.10. The van der Waals surface area contributed by atoms with Gasteiger partial charge in [-0.05, 0) is 37.2 Å². The Hall–Kier alpha value is -1.51. The summed E-state index contributed by atoms with van der Waals surface area (Å²) in [6, 6.07) is 1.90. The third-order valence-electron chi connectivity index (χ3n) is 2.96. The molecule has 1 aromatic rings. The molecule has 2 aliphatic rings. The summed E-state index contributed by atoms with van der Waals surface area (Å²) in [4.78, 5) is 4.14. The van der Waals surface area contributed by atoms with Gasteiger partial charge in [-0.3, -0.25) is 0 Å². The van der Waals surface area contributed by atoms with E-state index >= 15 is 0 Å². The summed E-state index contributed by atoms with van der Waals surface area (Å²) in [6.45, 7) is 0. The van der Waals surface area contributed by atoms with Crippen LogP contribution < -0.4 is 5.73 Å². The summed E-state index contributed by atoms with van der Waals surface area (Å²) < 4.78 is 0. The predicted octanol–water partition coefficient (Wildman–Crippen LogP) is 2.40. The first kappa shape index (κ1) is 8.77. The molecule has 0 saturated heterocycles. The average Bonchev–Trinajstić information content (AvgIpc) is 3.06. The fourth-order valence-corrected chi connectivity index (χ4v) is 1.71. The minimum Gasteiger partial charge on any atom is -0.519 e. The summed E-state index contributed by atoms with van der Waals surface area (Å²) in [6.07, 6.45) is 7.34. The van der Waals surface area contributed by atoms with Crippen molar-refractivity contribution in [1.29, 1.82) is 0 Å². The van der Waals surface area contributed by atoms with E-state index in [1.807, 2.05) is 6.07 Å². The molecular formula is C12H13N2O-. The normalized spacial score (nSPS) is 19.1. The lowest BCUT2D eigenvalue weighted by Gasteiger charge is -2.14. The molecule has 0 aliphatic heterocycles. The van der Waals surface area contributed by atoms with Crippen molar-refractivity contribution in [2.24, 2.45) is 0 Å². The fraction of sp³-hybridized carbons (Fsp3) is 0.417. The molecule has 0 spiro atoms. The van der Waals surface area contributed by atoms with E-state index in [2.05, 4.69) is 11.2 Å². The number of nitrogens with two attached hydrogens (primary N) is 1. The third-order valence-corrected chi connectivity index (χ3v) is 2.96. The van der Waals surface area contributed by atoms with Gasteiger partial charge in [-0.25, -0.2) is 0 Å². The molecule has 0 aromatic carbocycles. The van der Waals surface area contributed by atoms with Gasteiger partial charge in [-0.15, -0.1) is 11.6 Å². The minimum absolute atomic E-state index is 0.270. The number of hydrogen-bond donors (Lipinski definition) is 2. The number of aliphatic hydroxyl groups excluding tert-OH is 1. The van der Waals surface area contributed by atoms with Crippen molar-refractivity contribution in [3.05, 3.63) is 29.1 Å². The first-order valence-electron chi connectivity index (χ1n) is 5.35. The van der Waals surface area contributed by atoms with Gasteiger partial charge in [-0.1, -0.05) is 11.9 Å². The Morgan fingerprint density at radius 2 is 2.20 bits per heavy atom. The highest BCUT2D eigenvalue weighted by molar-refractivity contribution is 5.71. The molecule has 3 N–H and O–H groups in total. The van der Waals surface area contributed by atoms with Crippen LogP contribution in [0.4, 0.5) is 5.69 Å². The number of aromatic nitrogens is 1. The molecule has 0 unspecified atom stereocenters. The van der Waals surface area contributed by atoms with Crippen LogP contribution in [0.1, 0.15) is 42.9 Å². The smallest absolute Gasteiger partial charge is 0.0866 e. The molecule has 2 fully saturated rings. The molecular weight excluding hydrogens is 188 g/mol. The maximum Gasteiger partial charge on any atom is 0.0866 e. The van der Waals surface area contributed by atoms with Gasteiger partial charge in [0.25, 0.3) is 0 Å². The van der Waals surface area contributed by atoms with E-state index in [9.17, 15) is 5.11 Å². The average molecular weight is 201 g/mol. The molecule has 2 aliphatic carbocycles. The second-order valence-electron chi connectivity index (χ2n) is 4.35. The summed E-state index contributed by atoms with van der Waals surface area (Å²) in [7, 11) is 0. The van der Waals surface area contributed by atoms with Crippen LogP contribution in [0.25, 0.3) is 5.76 Å². The van der Waals surface area contributed by atoms with E-state index in [1.165, 1.54) is 12.8 Å². The molecule has 0 radical (unpaired) electrons. The van der Waals surface area contributed by atoms with E-state index in [-0.39, 0.29) is 5.76 Å². The molecule has 1 heterocycles. The third kappa shape index (κ3) is 1.58. The van der Waals surface area contributed by atoms with Crippen molar-refractivity contribution in [3.63, 3.8) is 0 Å². The van der Waals surface area contributed by atoms with Crippen LogP contribution in [0, 0.1) is 6.20 Å². The number of nitrogens with zero attached hydrogens (tertiary/aromatic N) is 1. The van der Waals surface area contributed by atoms with Crippen LogP contribution in [0.3, 0.4) is 0 Å². The zero-order chi connectivity index (χ0) is 10.4. The van der Waals surface area contributed by atoms with Gasteiger partial charge in [0.1, 0.15) is 0 Å². The minimum atomic E-state index is 0.270. The van der Waals surface area contributed by atoms with Gasteiger partial charge in [0.05, 0.1) is 5.76 Å². The van der Waals surface area contributed by atoms with E-state index in [0.717, 1.165) is 24.0 Å². The van der Waals surface area contributed by atoms with E-state index in [4.69, 9.17) is 5.73 Å². The summed E-state index contributed by atoms with van der Waals surface area (Å²) >= 11 is 0. The van der Waals surface area contributed by atoms with E-state index in [1.54, 1.807) is 0 Å². The molecule has 0 atom stereocenters. The molecule has 3 heteroatoms. The lowest BCUT2D eigenvalue weighted by Crippen LogP contribution is -1.99. The van der Waals surface area contributed by atoms with Crippen molar-refractivity contribution in [1.82, 2.24) is 4.98 Å². The molecule has 3 rings (SSSR count). The molecule has 1 aromatic heterocycles. The van der Waals surface area contributed by atoms with Crippen LogP contribution in [0.5, 0.6) is 0 Å².